The predicted molar refractivity (Wildman–Crippen MR) is 134 cm³/mol. The zero-order valence-corrected chi connectivity index (χ0v) is 20.0. The van der Waals surface area contributed by atoms with Gasteiger partial charge >= 0.3 is 5.97 Å². The number of Topliss-reactive ketones (excluding diaryl/α,β-unsaturated/α-hetero) is 1. The maximum absolute atomic E-state index is 12.6. The molecule has 0 saturated carbocycles. The number of ether oxygens (including phenoxy) is 2. The highest BCUT2D eigenvalue weighted by Crippen LogP contribution is 2.19. The summed E-state index contributed by atoms with van der Waals surface area (Å²) in [6.45, 7) is 1.29. The number of hydrogen-bond acceptors (Lipinski definition) is 7. The van der Waals surface area contributed by atoms with Crippen molar-refractivity contribution in [2.45, 2.75) is 13.5 Å². The van der Waals surface area contributed by atoms with Crippen molar-refractivity contribution in [1.82, 2.24) is 5.32 Å². The van der Waals surface area contributed by atoms with E-state index < -0.39 is 18.5 Å². The van der Waals surface area contributed by atoms with E-state index in [9.17, 15) is 19.2 Å². The summed E-state index contributed by atoms with van der Waals surface area (Å²) in [6, 6.07) is 16.9. The smallest absolute Gasteiger partial charge is 0.340 e. The van der Waals surface area contributed by atoms with Crippen LogP contribution in [0.5, 0.6) is 5.75 Å². The molecule has 0 aliphatic carbocycles. The number of nitrogens with one attached hydrogen (secondary N) is 2. The topological polar surface area (TPSA) is 111 Å². The van der Waals surface area contributed by atoms with Crippen LogP contribution in [0.25, 0.3) is 6.08 Å². The molecule has 2 amide bonds. The summed E-state index contributed by atoms with van der Waals surface area (Å²) in [5.41, 5.74) is 1.20. The molecule has 3 aromatic rings. The van der Waals surface area contributed by atoms with Crippen LogP contribution >= 0.6 is 11.3 Å². The molecule has 0 fully saturated rings. The van der Waals surface area contributed by atoms with Gasteiger partial charge < -0.3 is 20.1 Å². The van der Waals surface area contributed by atoms with Gasteiger partial charge in [0.1, 0.15) is 5.75 Å². The third-order valence-electron chi connectivity index (χ3n) is 4.73. The molecular weight excluding hydrogens is 468 g/mol. The van der Waals surface area contributed by atoms with E-state index in [0.717, 1.165) is 10.4 Å². The summed E-state index contributed by atoms with van der Waals surface area (Å²) in [6.07, 6.45) is 2.98. The Kier molecular flexibility index (Phi) is 8.91. The Morgan fingerprint density at radius 2 is 1.71 bits per heavy atom. The second kappa shape index (κ2) is 12.3. The highest BCUT2D eigenvalue weighted by Gasteiger charge is 2.17. The fourth-order valence-corrected chi connectivity index (χ4v) is 3.82. The Labute approximate surface area is 206 Å². The van der Waals surface area contributed by atoms with Crippen LogP contribution < -0.4 is 15.4 Å². The molecule has 0 spiro atoms. The summed E-state index contributed by atoms with van der Waals surface area (Å²) >= 11 is 1.22. The van der Waals surface area contributed by atoms with Crippen molar-refractivity contribution >= 4 is 46.7 Å². The lowest BCUT2D eigenvalue weighted by Crippen LogP contribution is -2.18. The number of anilines is 1. The molecule has 35 heavy (non-hydrogen) atoms. The number of thiophene rings is 1. The average molecular weight is 493 g/mol. The summed E-state index contributed by atoms with van der Waals surface area (Å²) < 4.78 is 10.3. The van der Waals surface area contributed by atoms with Gasteiger partial charge in [0.15, 0.2) is 6.61 Å². The molecule has 180 valence electrons. The third-order valence-corrected chi connectivity index (χ3v) is 5.86. The number of carbonyl (C=O) groups excluding carboxylic acids is 4. The number of amides is 2. The van der Waals surface area contributed by atoms with Crippen LogP contribution in [0.4, 0.5) is 5.69 Å². The fourth-order valence-electron chi connectivity index (χ4n) is 2.95. The first-order valence-corrected chi connectivity index (χ1v) is 11.4. The second-order valence-electron chi connectivity index (χ2n) is 7.32. The molecule has 1 aromatic heterocycles. The minimum Gasteiger partial charge on any atom is -0.497 e. The number of para-hydroxylation sites is 1. The standard InChI is InChI=1S/C26H24N2O6S/c1-17(29)27-15-20-12-13-24(35-20)23(30)16-34-26(32)21-5-3-4-6-22(21)28-25(31)14-9-18-7-10-19(33-2)11-8-18/h3-14H,15-16H2,1-2H3,(H,27,29)(H,28,31)/b14-9+. The van der Waals surface area contributed by atoms with Gasteiger partial charge in [0, 0.05) is 17.9 Å². The molecule has 0 aliphatic heterocycles. The fraction of sp³-hybridized carbons (Fsp3) is 0.154. The van der Waals surface area contributed by atoms with Crippen molar-refractivity contribution in [3.8, 4) is 5.75 Å². The number of ketones is 1. The van der Waals surface area contributed by atoms with E-state index in [1.165, 1.54) is 30.4 Å². The zero-order chi connectivity index (χ0) is 25.2. The summed E-state index contributed by atoms with van der Waals surface area (Å²) in [4.78, 5) is 49.7. The van der Waals surface area contributed by atoms with Crippen molar-refractivity contribution in [2.24, 2.45) is 0 Å². The van der Waals surface area contributed by atoms with E-state index >= 15 is 0 Å². The van der Waals surface area contributed by atoms with E-state index in [1.54, 1.807) is 67.8 Å². The molecule has 0 radical (unpaired) electrons. The number of hydrogen-bond donors (Lipinski definition) is 2. The van der Waals surface area contributed by atoms with Crippen LogP contribution in [0.1, 0.15) is 37.4 Å². The lowest BCUT2D eigenvalue weighted by molar-refractivity contribution is -0.119. The molecule has 0 aliphatic rings. The van der Waals surface area contributed by atoms with Gasteiger partial charge in [-0.25, -0.2) is 4.79 Å². The molecule has 2 aromatic carbocycles. The molecular formula is C26H24N2O6S. The molecule has 2 N–H and O–H groups in total. The van der Waals surface area contributed by atoms with Crippen LogP contribution in [0.15, 0.2) is 66.7 Å². The molecule has 3 rings (SSSR count). The number of rotatable bonds is 10. The number of methoxy groups -OCH3 is 1. The highest BCUT2D eigenvalue weighted by molar-refractivity contribution is 7.14. The average Bonchev–Trinajstić information content (AvgIpc) is 3.34. The maximum Gasteiger partial charge on any atom is 0.340 e. The molecule has 9 heteroatoms. The van der Waals surface area contributed by atoms with Gasteiger partial charge in [0.25, 0.3) is 0 Å². The van der Waals surface area contributed by atoms with Gasteiger partial charge in [-0.1, -0.05) is 24.3 Å². The second-order valence-corrected chi connectivity index (χ2v) is 8.48. The Morgan fingerprint density at radius 1 is 0.971 bits per heavy atom. The Hall–Kier alpha value is -4.24. The highest BCUT2D eigenvalue weighted by atomic mass is 32.1. The molecule has 8 nitrogen and oxygen atoms in total. The normalized spacial score (nSPS) is 10.6. The first kappa shape index (κ1) is 25.4. The minimum absolute atomic E-state index is 0.129. The maximum atomic E-state index is 12.6. The van der Waals surface area contributed by atoms with Crippen LogP contribution in [0, 0.1) is 0 Å². The van der Waals surface area contributed by atoms with Crippen LogP contribution in [-0.4, -0.2) is 37.3 Å². The first-order valence-electron chi connectivity index (χ1n) is 10.6. The lowest BCUT2D eigenvalue weighted by atomic mass is 10.1. The number of carbonyl (C=O) groups is 4. The van der Waals surface area contributed by atoms with Crippen LogP contribution in [-0.2, 0) is 20.9 Å². The van der Waals surface area contributed by atoms with Crippen molar-refractivity contribution in [2.75, 3.05) is 19.0 Å². The van der Waals surface area contributed by atoms with Crippen LogP contribution in [0.2, 0.25) is 0 Å². The van der Waals surface area contributed by atoms with Gasteiger partial charge in [-0.2, -0.15) is 0 Å². The molecule has 0 bridgehead atoms. The monoisotopic (exact) mass is 492 g/mol. The summed E-state index contributed by atoms with van der Waals surface area (Å²) in [5.74, 6) is -0.976. The third kappa shape index (κ3) is 7.65. The van der Waals surface area contributed by atoms with Gasteiger partial charge in [0.05, 0.1) is 29.8 Å². The first-order chi connectivity index (χ1) is 16.9. The van der Waals surface area contributed by atoms with E-state index in [4.69, 9.17) is 9.47 Å². The quantitative estimate of drug-likeness (QED) is 0.251. The molecule has 0 atom stereocenters. The van der Waals surface area contributed by atoms with E-state index in [0.29, 0.717) is 17.2 Å². The van der Waals surface area contributed by atoms with Crippen molar-refractivity contribution in [3.63, 3.8) is 0 Å². The zero-order valence-electron chi connectivity index (χ0n) is 19.2. The van der Waals surface area contributed by atoms with Gasteiger partial charge in [-0.3, -0.25) is 14.4 Å². The minimum atomic E-state index is -0.733. The SMILES string of the molecule is COc1ccc(/C=C/C(=O)Nc2ccccc2C(=O)OCC(=O)c2ccc(CNC(C)=O)s2)cc1. The Balaban J connectivity index is 1.58. The number of esters is 1. The lowest BCUT2D eigenvalue weighted by Gasteiger charge is -2.09. The van der Waals surface area contributed by atoms with E-state index in [1.807, 2.05) is 0 Å². The van der Waals surface area contributed by atoms with Crippen LogP contribution in [0.3, 0.4) is 0 Å². The van der Waals surface area contributed by atoms with E-state index in [-0.39, 0.29) is 22.9 Å². The van der Waals surface area contributed by atoms with Crippen molar-refractivity contribution in [3.05, 3.63) is 87.6 Å². The predicted octanol–water partition coefficient (Wildman–Crippen LogP) is 4.08. The Bertz CT molecular complexity index is 1250. The summed E-state index contributed by atoms with van der Waals surface area (Å²) in [7, 11) is 1.57. The number of benzene rings is 2. The van der Waals surface area contributed by atoms with Gasteiger partial charge in [-0.05, 0) is 48.0 Å². The molecule has 0 unspecified atom stereocenters. The Morgan fingerprint density at radius 3 is 2.43 bits per heavy atom. The molecule has 0 saturated heterocycles. The van der Waals surface area contributed by atoms with Crippen molar-refractivity contribution in [1.29, 1.82) is 0 Å². The van der Waals surface area contributed by atoms with Crippen molar-refractivity contribution < 1.29 is 28.7 Å². The van der Waals surface area contributed by atoms with Gasteiger partial charge in [0.2, 0.25) is 17.6 Å². The largest absolute Gasteiger partial charge is 0.497 e. The molecule has 1 heterocycles. The summed E-state index contributed by atoms with van der Waals surface area (Å²) in [5, 5.41) is 5.32. The van der Waals surface area contributed by atoms with Gasteiger partial charge in [-0.15, -0.1) is 11.3 Å². The van der Waals surface area contributed by atoms with E-state index in [2.05, 4.69) is 10.6 Å².